The summed E-state index contributed by atoms with van der Waals surface area (Å²) in [5.74, 6) is 0.713. The second kappa shape index (κ2) is 6.51. The van der Waals surface area contributed by atoms with Crippen LogP contribution in [0.5, 0.6) is 28.7 Å². The Kier molecular flexibility index (Phi) is 4.38. The Morgan fingerprint density at radius 2 is 1.50 bits per heavy atom. The molecular weight excluding hydrogens is 338 g/mol. The summed E-state index contributed by atoms with van der Waals surface area (Å²) in [6.07, 6.45) is 0. The van der Waals surface area contributed by atoms with Crippen LogP contribution in [0, 0.1) is 0 Å². The first-order valence-corrected chi connectivity index (χ1v) is 7.81. The van der Waals surface area contributed by atoms with Crippen molar-refractivity contribution in [3.05, 3.63) is 35.7 Å². The van der Waals surface area contributed by atoms with Gasteiger partial charge in [0.05, 0.1) is 25.8 Å². The van der Waals surface area contributed by atoms with Gasteiger partial charge in [-0.3, -0.25) is 0 Å². The van der Waals surface area contributed by atoms with Gasteiger partial charge < -0.3 is 29.2 Å². The molecule has 0 bridgehead atoms. The molecule has 1 aliphatic carbocycles. The van der Waals surface area contributed by atoms with Gasteiger partial charge in [-0.2, -0.15) is 0 Å². The van der Waals surface area contributed by atoms with E-state index in [1.54, 1.807) is 12.1 Å². The first-order chi connectivity index (χ1) is 12.3. The van der Waals surface area contributed by atoms with E-state index in [0.29, 0.717) is 22.2 Å². The number of nitrogens with zero attached hydrogens (tertiary/aromatic N) is 1. The maximum absolute atomic E-state index is 10.5. The molecule has 26 heavy (non-hydrogen) atoms. The topological polar surface area (TPSA) is 95.3 Å². The van der Waals surface area contributed by atoms with Gasteiger partial charge in [0.2, 0.25) is 11.1 Å². The fraction of sp³-hybridized carbons (Fsp3) is 0.211. The molecule has 0 saturated heterocycles. The van der Waals surface area contributed by atoms with Gasteiger partial charge in [0.1, 0.15) is 25.6 Å². The average molecular weight is 358 g/mol. The van der Waals surface area contributed by atoms with E-state index in [-0.39, 0.29) is 34.5 Å². The van der Waals surface area contributed by atoms with Gasteiger partial charge >= 0.3 is 0 Å². The lowest BCUT2D eigenvalue weighted by Crippen LogP contribution is -2.23. The first-order valence-electron chi connectivity index (χ1n) is 7.81. The summed E-state index contributed by atoms with van der Waals surface area (Å²) in [6.45, 7) is 0. The van der Waals surface area contributed by atoms with Crippen LogP contribution in [0.25, 0.3) is 22.6 Å². The van der Waals surface area contributed by atoms with E-state index in [1.807, 2.05) is 18.7 Å². The monoisotopic (exact) mass is 358 g/mol. The molecule has 0 amide bonds. The van der Waals surface area contributed by atoms with E-state index in [1.165, 1.54) is 32.4 Å². The van der Waals surface area contributed by atoms with Crippen LogP contribution >= 0.6 is 0 Å². The van der Waals surface area contributed by atoms with Crippen LogP contribution in [-0.4, -0.2) is 43.6 Å². The smallest absolute Gasteiger partial charge is 0.214 e. The van der Waals surface area contributed by atoms with Gasteiger partial charge in [0.15, 0.2) is 23.0 Å². The minimum atomic E-state index is -0.147. The van der Waals surface area contributed by atoms with Crippen LogP contribution < -0.4 is 19.4 Å². The Hall–Kier alpha value is -3.35. The number of fused-ring (bicyclic) bond motifs is 1. The zero-order valence-electron chi connectivity index (χ0n) is 14.9. The van der Waals surface area contributed by atoms with Crippen LogP contribution in [-0.2, 0) is 0 Å². The Bertz CT molecular complexity index is 992. The normalized spacial score (nSPS) is 10.8. The zero-order chi connectivity index (χ0) is 19.0. The molecule has 2 aliphatic rings. The molecule has 3 rings (SSSR count). The van der Waals surface area contributed by atoms with E-state index < -0.39 is 0 Å². The molecule has 0 spiro atoms. The lowest BCUT2D eigenvalue weighted by molar-refractivity contribution is 0.340. The van der Waals surface area contributed by atoms with E-state index >= 15 is 0 Å². The number of phenolic OH excluding ortho intramolecular Hbond substituents is 2. The van der Waals surface area contributed by atoms with Crippen molar-refractivity contribution in [2.75, 3.05) is 28.3 Å². The number of aromatic hydroxyl groups is 3. The Morgan fingerprint density at radius 1 is 0.885 bits per heavy atom. The first kappa shape index (κ1) is 17.5. The number of hydrogen-bond donors (Lipinski definition) is 3. The maximum atomic E-state index is 10.5. The van der Waals surface area contributed by atoms with Crippen LogP contribution in [0.1, 0.15) is 0 Å². The van der Waals surface area contributed by atoms with Gasteiger partial charge in [0.25, 0.3) is 0 Å². The molecule has 0 radical (unpaired) electrons. The highest BCUT2D eigenvalue weighted by Gasteiger charge is 2.21. The third-order valence-corrected chi connectivity index (χ3v) is 4.05. The van der Waals surface area contributed by atoms with Crippen LogP contribution in [0.4, 0.5) is 0 Å². The van der Waals surface area contributed by atoms with Crippen molar-refractivity contribution in [2.24, 2.45) is 0 Å². The van der Waals surface area contributed by atoms with Crippen molar-refractivity contribution >= 4 is 0 Å². The van der Waals surface area contributed by atoms with Crippen molar-refractivity contribution in [2.45, 2.75) is 0 Å². The molecule has 1 aromatic carbocycles. The summed E-state index contributed by atoms with van der Waals surface area (Å²) in [4.78, 5) is 0. The number of ether oxygens (including phenoxy) is 2. The largest absolute Gasteiger partial charge is 0.508 e. The molecular formula is C19H20NO6+. The van der Waals surface area contributed by atoms with Crippen molar-refractivity contribution in [1.82, 2.24) is 4.58 Å². The summed E-state index contributed by atoms with van der Waals surface area (Å²) in [5.41, 5.74) is 1.09. The summed E-state index contributed by atoms with van der Waals surface area (Å²) in [7, 11) is 6.48. The highest BCUT2D eigenvalue weighted by molar-refractivity contribution is 5.75. The molecule has 7 heteroatoms. The van der Waals surface area contributed by atoms with E-state index in [2.05, 4.69) is 0 Å². The minimum absolute atomic E-state index is 0.0439. The maximum Gasteiger partial charge on any atom is 0.214 e. The zero-order valence-corrected chi connectivity index (χ0v) is 14.9. The standard InChI is InChI=1S/C19H19NO6/c1-20(2)13-7-11(21)8-15-12(13)9-14(22)19(26-15)10-5-16(24-3)18(23)17(6-10)25-4/h5-9H,1-4H3,(H2,21,22,23)/p+1. The van der Waals surface area contributed by atoms with Gasteiger partial charge in [-0.1, -0.05) is 0 Å². The number of hydrogen-bond acceptors (Lipinski definition) is 6. The predicted molar refractivity (Wildman–Crippen MR) is 96.0 cm³/mol. The van der Waals surface area contributed by atoms with Crippen molar-refractivity contribution in [3.63, 3.8) is 0 Å². The van der Waals surface area contributed by atoms with Gasteiger partial charge in [-0.25, -0.2) is 4.58 Å². The summed E-state index contributed by atoms with van der Waals surface area (Å²) >= 11 is 0. The summed E-state index contributed by atoms with van der Waals surface area (Å²) in [6, 6.07) is 7.67. The fourth-order valence-electron chi connectivity index (χ4n) is 2.79. The van der Waals surface area contributed by atoms with E-state index in [0.717, 1.165) is 0 Å². The summed E-state index contributed by atoms with van der Waals surface area (Å²) < 4.78 is 18.0. The highest BCUT2D eigenvalue weighted by Crippen LogP contribution is 2.43. The van der Waals surface area contributed by atoms with Crippen LogP contribution in [0.3, 0.4) is 0 Å². The molecule has 1 heterocycles. The number of rotatable bonds is 3. The number of methoxy groups -OCH3 is 2. The van der Waals surface area contributed by atoms with E-state index in [9.17, 15) is 15.3 Å². The Labute approximate surface area is 150 Å². The summed E-state index contributed by atoms with van der Waals surface area (Å²) in [5, 5.41) is 31.2. The molecule has 1 aliphatic heterocycles. The fourth-order valence-corrected chi connectivity index (χ4v) is 2.79. The third-order valence-electron chi connectivity index (χ3n) is 4.05. The molecule has 1 aromatic rings. The van der Waals surface area contributed by atoms with Crippen molar-refractivity contribution in [1.29, 1.82) is 0 Å². The molecule has 0 atom stereocenters. The molecule has 3 N–H and O–H groups in total. The second-order valence-electron chi connectivity index (χ2n) is 5.96. The van der Waals surface area contributed by atoms with Gasteiger partial charge in [0, 0.05) is 17.7 Å². The quantitative estimate of drug-likeness (QED) is 0.622. The van der Waals surface area contributed by atoms with Crippen molar-refractivity contribution in [3.8, 4) is 51.4 Å². The molecule has 0 unspecified atom stereocenters. The molecule has 0 fully saturated rings. The van der Waals surface area contributed by atoms with Crippen LogP contribution in [0.2, 0.25) is 0 Å². The number of benzene rings is 2. The molecule has 0 aromatic heterocycles. The number of phenols is 2. The van der Waals surface area contributed by atoms with Gasteiger partial charge in [-0.15, -0.1) is 0 Å². The predicted octanol–water partition coefficient (Wildman–Crippen LogP) is 2.22. The third kappa shape index (κ3) is 2.88. The lowest BCUT2D eigenvalue weighted by Gasteiger charge is -2.13. The highest BCUT2D eigenvalue weighted by atomic mass is 16.5. The average Bonchev–Trinajstić information content (AvgIpc) is 2.61. The minimum Gasteiger partial charge on any atom is -0.508 e. The van der Waals surface area contributed by atoms with Crippen molar-refractivity contribution < 1.29 is 29.2 Å². The van der Waals surface area contributed by atoms with Gasteiger partial charge in [-0.05, 0) is 12.1 Å². The molecule has 7 nitrogen and oxygen atoms in total. The van der Waals surface area contributed by atoms with E-state index in [4.69, 9.17) is 13.9 Å². The Morgan fingerprint density at radius 3 is 2.04 bits per heavy atom. The molecule has 136 valence electrons. The SMILES string of the molecule is COc1cc(-c2oc3cc(O)cc(=[N+](C)C)c-3cc2O)cc(OC)c1O. The Balaban J connectivity index is 2.33. The lowest BCUT2D eigenvalue weighted by atomic mass is 10.1. The second-order valence-corrected chi connectivity index (χ2v) is 5.96. The molecule has 0 saturated carbocycles. The van der Waals surface area contributed by atoms with Crippen LogP contribution in [0.15, 0.2) is 34.7 Å².